The van der Waals surface area contributed by atoms with Crippen molar-refractivity contribution in [1.29, 1.82) is 0 Å². The maximum atomic E-state index is 12.1. The minimum absolute atomic E-state index is 0.0394. The van der Waals surface area contributed by atoms with Crippen LogP contribution in [0.2, 0.25) is 0 Å². The molecule has 1 aromatic rings. The van der Waals surface area contributed by atoms with Crippen molar-refractivity contribution in [1.82, 2.24) is 5.32 Å². The number of amides is 1. The highest BCUT2D eigenvalue weighted by atomic mass is 79.9. The molecule has 0 radical (unpaired) electrons. The van der Waals surface area contributed by atoms with Gasteiger partial charge in [0.15, 0.2) is 0 Å². The second-order valence-electron chi connectivity index (χ2n) is 5.00. The third kappa shape index (κ3) is 3.00. The molecule has 0 aromatic heterocycles. The normalized spacial score (nSPS) is 18.0. The lowest BCUT2D eigenvalue weighted by Gasteiger charge is -2.25. The van der Waals surface area contributed by atoms with Crippen LogP contribution < -0.4 is 11.1 Å². The van der Waals surface area contributed by atoms with E-state index in [4.69, 9.17) is 5.73 Å². The quantitative estimate of drug-likeness (QED) is 0.824. The SMILES string of the molecule is CC1(NC(=O)c2cc(N)cc(Br)c2)CCCC1. The van der Waals surface area contributed by atoms with E-state index in [0.717, 1.165) is 17.3 Å². The molecule has 0 saturated heterocycles. The summed E-state index contributed by atoms with van der Waals surface area (Å²) in [6.45, 7) is 2.11. The zero-order valence-corrected chi connectivity index (χ0v) is 11.5. The third-order valence-electron chi connectivity index (χ3n) is 3.30. The molecule has 0 aliphatic heterocycles. The summed E-state index contributed by atoms with van der Waals surface area (Å²) in [5.74, 6) is -0.0394. The van der Waals surface area contributed by atoms with Crippen molar-refractivity contribution in [3.05, 3.63) is 28.2 Å². The zero-order chi connectivity index (χ0) is 12.5. The minimum Gasteiger partial charge on any atom is -0.399 e. The molecule has 0 heterocycles. The summed E-state index contributed by atoms with van der Waals surface area (Å²) in [5, 5.41) is 3.11. The lowest BCUT2D eigenvalue weighted by Crippen LogP contribution is -2.43. The number of carbonyl (C=O) groups is 1. The van der Waals surface area contributed by atoms with Crippen LogP contribution in [0, 0.1) is 0 Å². The Bertz CT molecular complexity index is 419. The van der Waals surface area contributed by atoms with Crippen LogP contribution in [0.5, 0.6) is 0 Å². The summed E-state index contributed by atoms with van der Waals surface area (Å²) >= 11 is 3.35. The highest BCUT2D eigenvalue weighted by Gasteiger charge is 2.30. The smallest absolute Gasteiger partial charge is 0.251 e. The monoisotopic (exact) mass is 296 g/mol. The number of rotatable bonds is 2. The van der Waals surface area contributed by atoms with Crippen LogP contribution in [0.1, 0.15) is 43.0 Å². The van der Waals surface area contributed by atoms with Gasteiger partial charge in [0.05, 0.1) is 0 Å². The molecule has 0 bridgehead atoms. The topological polar surface area (TPSA) is 55.1 Å². The Morgan fingerprint density at radius 2 is 2.00 bits per heavy atom. The van der Waals surface area contributed by atoms with Gasteiger partial charge in [-0.2, -0.15) is 0 Å². The van der Waals surface area contributed by atoms with Crippen LogP contribution in [0.4, 0.5) is 5.69 Å². The van der Waals surface area contributed by atoms with Gasteiger partial charge in [0.2, 0.25) is 0 Å². The van der Waals surface area contributed by atoms with Crippen molar-refractivity contribution in [2.45, 2.75) is 38.1 Å². The average Bonchev–Trinajstić information content (AvgIpc) is 2.63. The van der Waals surface area contributed by atoms with Crippen molar-refractivity contribution in [2.24, 2.45) is 0 Å². The number of benzene rings is 1. The Hall–Kier alpha value is -1.03. The second kappa shape index (κ2) is 4.69. The first-order valence-corrected chi connectivity index (χ1v) is 6.66. The van der Waals surface area contributed by atoms with E-state index in [1.165, 1.54) is 12.8 Å². The van der Waals surface area contributed by atoms with E-state index in [2.05, 4.69) is 28.2 Å². The molecule has 1 aliphatic carbocycles. The van der Waals surface area contributed by atoms with Crippen molar-refractivity contribution < 1.29 is 4.79 Å². The first-order chi connectivity index (χ1) is 7.98. The van der Waals surface area contributed by atoms with E-state index < -0.39 is 0 Å². The molecule has 2 rings (SSSR count). The molecule has 4 heteroatoms. The van der Waals surface area contributed by atoms with Crippen molar-refractivity contribution in [2.75, 3.05) is 5.73 Å². The number of hydrogen-bond acceptors (Lipinski definition) is 2. The number of nitrogens with two attached hydrogens (primary N) is 1. The summed E-state index contributed by atoms with van der Waals surface area (Å²) in [7, 11) is 0. The van der Waals surface area contributed by atoms with Crippen molar-refractivity contribution in [3.8, 4) is 0 Å². The van der Waals surface area contributed by atoms with E-state index >= 15 is 0 Å². The first-order valence-electron chi connectivity index (χ1n) is 5.87. The van der Waals surface area contributed by atoms with Gasteiger partial charge in [0, 0.05) is 21.3 Å². The van der Waals surface area contributed by atoms with Crippen LogP contribution in [0.25, 0.3) is 0 Å². The maximum absolute atomic E-state index is 12.1. The number of halogens is 1. The molecular weight excluding hydrogens is 280 g/mol. The molecular formula is C13H17BrN2O. The number of hydrogen-bond donors (Lipinski definition) is 2. The molecule has 0 atom stereocenters. The number of carbonyl (C=O) groups excluding carboxylic acids is 1. The molecule has 1 aliphatic rings. The summed E-state index contributed by atoms with van der Waals surface area (Å²) in [6, 6.07) is 5.29. The van der Waals surface area contributed by atoms with Gasteiger partial charge in [-0.3, -0.25) is 4.79 Å². The second-order valence-corrected chi connectivity index (χ2v) is 5.91. The van der Waals surface area contributed by atoms with Crippen LogP contribution in [0.15, 0.2) is 22.7 Å². The van der Waals surface area contributed by atoms with E-state index in [0.29, 0.717) is 11.3 Å². The summed E-state index contributed by atoms with van der Waals surface area (Å²) in [5.41, 5.74) is 6.89. The van der Waals surface area contributed by atoms with Gasteiger partial charge in [-0.1, -0.05) is 28.8 Å². The molecule has 92 valence electrons. The van der Waals surface area contributed by atoms with Gasteiger partial charge in [-0.25, -0.2) is 0 Å². The molecule has 0 unspecified atom stereocenters. The summed E-state index contributed by atoms with van der Waals surface area (Å²) in [6.07, 6.45) is 4.50. The van der Waals surface area contributed by atoms with Gasteiger partial charge >= 0.3 is 0 Å². The molecule has 0 spiro atoms. The van der Waals surface area contributed by atoms with Crippen LogP contribution >= 0.6 is 15.9 Å². The third-order valence-corrected chi connectivity index (χ3v) is 3.76. The number of nitrogen functional groups attached to an aromatic ring is 1. The van der Waals surface area contributed by atoms with E-state index in [-0.39, 0.29) is 11.4 Å². The standard InChI is InChI=1S/C13H17BrN2O/c1-13(4-2-3-5-13)16-12(17)9-6-10(14)8-11(15)7-9/h6-8H,2-5,15H2,1H3,(H,16,17). The average molecular weight is 297 g/mol. The first kappa shape index (κ1) is 12.4. The Morgan fingerprint density at radius 3 is 2.59 bits per heavy atom. The molecule has 1 fully saturated rings. The van der Waals surface area contributed by atoms with Gasteiger partial charge in [0.25, 0.3) is 5.91 Å². The fourth-order valence-corrected chi connectivity index (χ4v) is 2.88. The lowest BCUT2D eigenvalue weighted by atomic mass is 10.00. The van der Waals surface area contributed by atoms with Crippen LogP contribution in [-0.4, -0.2) is 11.4 Å². The molecule has 3 N–H and O–H groups in total. The molecule has 1 amide bonds. The fraction of sp³-hybridized carbons (Fsp3) is 0.462. The molecule has 1 aromatic carbocycles. The number of anilines is 1. The van der Waals surface area contributed by atoms with E-state index in [1.807, 2.05) is 0 Å². The Labute approximate surface area is 110 Å². The van der Waals surface area contributed by atoms with Gasteiger partial charge in [-0.05, 0) is 38.0 Å². The number of nitrogens with one attached hydrogen (secondary N) is 1. The fourth-order valence-electron chi connectivity index (χ4n) is 2.37. The Balaban J connectivity index is 2.14. The Morgan fingerprint density at radius 1 is 1.35 bits per heavy atom. The highest BCUT2D eigenvalue weighted by Crippen LogP contribution is 2.29. The van der Waals surface area contributed by atoms with Gasteiger partial charge in [0.1, 0.15) is 0 Å². The largest absolute Gasteiger partial charge is 0.399 e. The maximum Gasteiger partial charge on any atom is 0.251 e. The molecule has 17 heavy (non-hydrogen) atoms. The molecule has 1 saturated carbocycles. The van der Waals surface area contributed by atoms with Crippen molar-refractivity contribution in [3.63, 3.8) is 0 Å². The highest BCUT2D eigenvalue weighted by molar-refractivity contribution is 9.10. The van der Waals surface area contributed by atoms with E-state index in [9.17, 15) is 4.79 Å². The van der Waals surface area contributed by atoms with Crippen LogP contribution in [0.3, 0.4) is 0 Å². The molecule has 3 nitrogen and oxygen atoms in total. The van der Waals surface area contributed by atoms with Crippen molar-refractivity contribution >= 4 is 27.5 Å². The predicted octanol–water partition coefficient (Wildman–Crippen LogP) is 3.09. The minimum atomic E-state index is -0.0475. The summed E-state index contributed by atoms with van der Waals surface area (Å²) < 4.78 is 0.833. The van der Waals surface area contributed by atoms with Gasteiger partial charge < -0.3 is 11.1 Å². The predicted molar refractivity (Wildman–Crippen MR) is 72.9 cm³/mol. The van der Waals surface area contributed by atoms with Gasteiger partial charge in [-0.15, -0.1) is 0 Å². The van der Waals surface area contributed by atoms with E-state index in [1.54, 1.807) is 18.2 Å². The zero-order valence-electron chi connectivity index (χ0n) is 9.92. The van der Waals surface area contributed by atoms with Crippen LogP contribution in [-0.2, 0) is 0 Å². The lowest BCUT2D eigenvalue weighted by molar-refractivity contribution is 0.0908. The summed E-state index contributed by atoms with van der Waals surface area (Å²) in [4.78, 5) is 12.1. The Kier molecular flexibility index (Phi) is 3.43.